The van der Waals surface area contributed by atoms with E-state index in [9.17, 15) is 0 Å². The van der Waals surface area contributed by atoms with Gasteiger partial charge in [0.25, 0.3) is 0 Å². The van der Waals surface area contributed by atoms with Gasteiger partial charge in [-0.15, -0.1) is 0 Å². The first-order valence-electron chi connectivity index (χ1n) is 8.59. The normalized spacial score (nSPS) is 24.3. The molecule has 1 aliphatic rings. The standard InChI is InChI=1S/C17H35NS/c1-3-9-16-10-8-11-17(13-12-16)18-14-6-4-5-7-15-19-2/h16-18H,3-15H2,1-2H3. The molecular formula is C17H35NS. The lowest BCUT2D eigenvalue weighted by molar-refractivity contribution is 0.408. The van der Waals surface area contributed by atoms with Gasteiger partial charge in [0.1, 0.15) is 0 Å². The van der Waals surface area contributed by atoms with Crippen LogP contribution in [0.4, 0.5) is 0 Å². The van der Waals surface area contributed by atoms with Gasteiger partial charge in [-0.2, -0.15) is 11.8 Å². The van der Waals surface area contributed by atoms with Crippen molar-refractivity contribution < 1.29 is 0 Å². The topological polar surface area (TPSA) is 12.0 Å². The predicted molar refractivity (Wildman–Crippen MR) is 90.1 cm³/mol. The summed E-state index contributed by atoms with van der Waals surface area (Å²) >= 11 is 1.98. The lowest BCUT2D eigenvalue weighted by Gasteiger charge is -2.16. The summed E-state index contributed by atoms with van der Waals surface area (Å²) in [5.41, 5.74) is 0. The van der Waals surface area contributed by atoms with E-state index in [-0.39, 0.29) is 0 Å². The molecule has 2 heteroatoms. The van der Waals surface area contributed by atoms with Crippen molar-refractivity contribution in [3.63, 3.8) is 0 Å². The molecule has 1 N–H and O–H groups in total. The maximum absolute atomic E-state index is 3.81. The Labute approximate surface area is 125 Å². The zero-order valence-electron chi connectivity index (χ0n) is 13.3. The van der Waals surface area contributed by atoms with Crippen molar-refractivity contribution in [1.29, 1.82) is 0 Å². The smallest absolute Gasteiger partial charge is 0.00671 e. The third-order valence-electron chi connectivity index (χ3n) is 4.49. The van der Waals surface area contributed by atoms with Crippen LogP contribution in [-0.4, -0.2) is 24.6 Å². The van der Waals surface area contributed by atoms with Crippen LogP contribution in [0.2, 0.25) is 0 Å². The SMILES string of the molecule is CCCC1CCCC(NCCCCCCSC)CC1. The first-order chi connectivity index (χ1) is 9.36. The lowest BCUT2D eigenvalue weighted by Crippen LogP contribution is -2.29. The zero-order valence-corrected chi connectivity index (χ0v) is 14.1. The molecule has 1 rings (SSSR count). The van der Waals surface area contributed by atoms with E-state index in [1.54, 1.807) is 0 Å². The fourth-order valence-electron chi connectivity index (χ4n) is 3.31. The summed E-state index contributed by atoms with van der Waals surface area (Å²) in [5, 5.41) is 3.81. The van der Waals surface area contributed by atoms with Crippen molar-refractivity contribution in [3.8, 4) is 0 Å². The molecule has 0 bridgehead atoms. The van der Waals surface area contributed by atoms with Gasteiger partial charge in [-0.1, -0.05) is 45.4 Å². The average molecular weight is 286 g/mol. The van der Waals surface area contributed by atoms with Gasteiger partial charge in [0.15, 0.2) is 0 Å². The Kier molecular flexibility index (Phi) is 11.0. The van der Waals surface area contributed by atoms with Gasteiger partial charge in [-0.3, -0.25) is 0 Å². The quantitative estimate of drug-likeness (QED) is 0.435. The molecule has 0 saturated heterocycles. The molecule has 19 heavy (non-hydrogen) atoms. The maximum atomic E-state index is 3.81. The van der Waals surface area contributed by atoms with Crippen LogP contribution in [0.5, 0.6) is 0 Å². The van der Waals surface area contributed by atoms with E-state index < -0.39 is 0 Å². The van der Waals surface area contributed by atoms with E-state index in [0.717, 1.165) is 12.0 Å². The van der Waals surface area contributed by atoms with Crippen LogP contribution in [0.1, 0.15) is 77.6 Å². The molecule has 0 spiro atoms. The number of thioether (sulfide) groups is 1. The first-order valence-corrected chi connectivity index (χ1v) is 9.98. The summed E-state index contributed by atoms with van der Waals surface area (Å²) in [4.78, 5) is 0. The average Bonchev–Trinajstić information content (AvgIpc) is 2.64. The molecule has 1 nitrogen and oxygen atoms in total. The molecule has 0 radical (unpaired) electrons. The lowest BCUT2D eigenvalue weighted by atomic mass is 9.95. The Balaban J connectivity index is 1.97. The highest BCUT2D eigenvalue weighted by atomic mass is 32.2. The Hall–Kier alpha value is 0.310. The van der Waals surface area contributed by atoms with Crippen LogP contribution < -0.4 is 5.32 Å². The van der Waals surface area contributed by atoms with Crippen molar-refractivity contribution in [2.75, 3.05) is 18.6 Å². The monoisotopic (exact) mass is 285 g/mol. The van der Waals surface area contributed by atoms with Gasteiger partial charge in [0.2, 0.25) is 0 Å². The van der Waals surface area contributed by atoms with Crippen LogP contribution in [0, 0.1) is 5.92 Å². The maximum Gasteiger partial charge on any atom is 0.00671 e. The minimum absolute atomic E-state index is 0.827. The van der Waals surface area contributed by atoms with Crippen LogP contribution in [0.25, 0.3) is 0 Å². The number of rotatable bonds is 10. The molecule has 114 valence electrons. The van der Waals surface area contributed by atoms with E-state index in [2.05, 4.69) is 18.5 Å². The largest absolute Gasteiger partial charge is 0.314 e. The van der Waals surface area contributed by atoms with Gasteiger partial charge < -0.3 is 5.32 Å². The minimum atomic E-state index is 0.827. The van der Waals surface area contributed by atoms with Gasteiger partial charge >= 0.3 is 0 Å². The van der Waals surface area contributed by atoms with Gasteiger partial charge in [0, 0.05) is 6.04 Å². The number of nitrogens with one attached hydrogen (secondary N) is 1. The summed E-state index contributed by atoms with van der Waals surface area (Å²) in [6.07, 6.45) is 17.9. The predicted octanol–water partition coefficient (Wildman–Crippen LogP) is 5.25. The van der Waals surface area contributed by atoms with Crippen LogP contribution >= 0.6 is 11.8 Å². The molecule has 0 heterocycles. The molecular weight excluding hydrogens is 250 g/mol. The Morgan fingerprint density at radius 1 is 1.00 bits per heavy atom. The molecule has 0 aromatic rings. The summed E-state index contributed by atoms with van der Waals surface area (Å²) in [7, 11) is 0. The number of hydrogen-bond acceptors (Lipinski definition) is 2. The molecule has 1 aliphatic carbocycles. The molecule has 2 atom stereocenters. The van der Waals surface area contributed by atoms with E-state index >= 15 is 0 Å². The summed E-state index contributed by atoms with van der Waals surface area (Å²) in [5.74, 6) is 2.37. The molecule has 0 aromatic carbocycles. The van der Waals surface area contributed by atoms with E-state index in [4.69, 9.17) is 0 Å². The highest BCUT2D eigenvalue weighted by Crippen LogP contribution is 2.26. The van der Waals surface area contributed by atoms with Gasteiger partial charge in [0.05, 0.1) is 0 Å². The van der Waals surface area contributed by atoms with E-state index in [1.165, 1.54) is 82.9 Å². The number of hydrogen-bond donors (Lipinski definition) is 1. The fourth-order valence-corrected chi connectivity index (χ4v) is 3.80. The summed E-state index contributed by atoms with van der Waals surface area (Å²) in [6.45, 7) is 3.58. The van der Waals surface area contributed by atoms with E-state index in [0.29, 0.717) is 0 Å². The van der Waals surface area contributed by atoms with E-state index in [1.807, 2.05) is 11.8 Å². The fraction of sp³-hybridized carbons (Fsp3) is 1.00. The second-order valence-electron chi connectivity index (χ2n) is 6.22. The molecule has 0 aliphatic heterocycles. The third-order valence-corrected chi connectivity index (χ3v) is 5.19. The second kappa shape index (κ2) is 12.1. The molecule has 0 amide bonds. The molecule has 2 unspecified atom stereocenters. The van der Waals surface area contributed by atoms with Crippen LogP contribution in [0.15, 0.2) is 0 Å². The molecule has 1 saturated carbocycles. The highest BCUT2D eigenvalue weighted by Gasteiger charge is 2.17. The molecule has 0 aromatic heterocycles. The first kappa shape index (κ1) is 17.4. The Bertz CT molecular complexity index is 196. The minimum Gasteiger partial charge on any atom is -0.314 e. The highest BCUT2D eigenvalue weighted by molar-refractivity contribution is 7.98. The Morgan fingerprint density at radius 3 is 2.63 bits per heavy atom. The number of unbranched alkanes of at least 4 members (excludes halogenated alkanes) is 3. The van der Waals surface area contributed by atoms with Gasteiger partial charge in [-0.25, -0.2) is 0 Å². The zero-order chi connectivity index (χ0) is 13.8. The van der Waals surface area contributed by atoms with Crippen molar-refractivity contribution >= 4 is 11.8 Å². The van der Waals surface area contributed by atoms with Crippen LogP contribution in [-0.2, 0) is 0 Å². The third kappa shape index (κ3) is 8.96. The van der Waals surface area contributed by atoms with Crippen molar-refractivity contribution in [1.82, 2.24) is 5.32 Å². The Morgan fingerprint density at radius 2 is 1.84 bits per heavy atom. The van der Waals surface area contributed by atoms with Crippen LogP contribution in [0.3, 0.4) is 0 Å². The van der Waals surface area contributed by atoms with Crippen molar-refractivity contribution in [3.05, 3.63) is 0 Å². The van der Waals surface area contributed by atoms with Gasteiger partial charge in [-0.05, 0) is 56.6 Å². The summed E-state index contributed by atoms with van der Waals surface area (Å²) < 4.78 is 0. The van der Waals surface area contributed by atoms with Crippen molar-refractivity contribution in [2.45, 2.75) is 83.6 Å². The molecule has 1 fully saturated rings. The van der Waals surface area contributed by atoms with Crippen molar-refractivity contribution in [2.24, 2.45) is 5.92 Å². The second-order valence-corrected chi connectivity index (χ2v) is 7.21. The summed E-state index contributed by atoms with van der Waals surface area (Å²) in [6, 6.07) is 0.827.